The van der Waals surface area contributed by atoms with Crippen LogP contribution in [0.25, 0.3) is 0 Å². The molecular weight excluding hydrogens is 170 g/mol. The SMILES string of the molecule is Cc1nc[nH]c1C(C)C(N)OC=O. The Bertz CT molecular complexity index is 285. The number of nitrogens with one attached hydrogen (secondary N) is 1. The molecular formula is C8H13N3O2. The van der Waals surface area contributed by atoms with Crippen molar-refractivity contribution in [1.82, 2.24) is 9.97 Å². The third kappa shape index (κ3) is 2.06. The molecule has 0 saturated heterocycles. The first-order valence-corrected chi connectivity index (χ1v) is 4.01. The first-order chi connectivity index (χ1) is 6.16. The normalized spacial score (nSPS) is 15.0. The summed E-state index contributed by atoms with van der Waals surface area (Å²) in [5.74, 6) is -0.0762. The fraction of sp³-hybridized carbons (Fsp3) is 0.500. The largest absolute Gasteiger partial charge is 0.448 e. The van der Waals surface area contributed by atoms with Gasteiger partial charge in [0.1, 0.15) is 0 Å². The van der Waals surface area contributed by atoms with Gasteiger partial charge in [-0.3, -0.25) is 10.5 Å². The molecule has 1 heterocycles. The van der Waals surface area contributed by atoms with Crippen molar-refractivity contribution in [2.45, 2.75) is 26.0 Å². The zero-order valence-electron chi connectivity index (χ0n) is 7.65. The Morgan fingerprint density at radius 1 is 1.77 bits per heavy atom. The lowest BCUT2D eigenvalue weighted by Gasteiger charge is -2.16. The van der Waals surface area contributed by atoms with Crippen molar-refractivity contribution in [1.29, 1.82) is 0 Å². The van der Waals surface area contributed by atoms with E-state index in [1.54, 1.807) is 6.33 Å². The van der Waals surface area contributed by atoms with Gasteiger partial charge in [-0.2, -0.15) is 0 Å². The van der Waals surface area contributed by atoms with E-state index >= 15 is 0 Å². The lowest BCUT2D eigenvalue weighted by molar-refractivity contribution is -0.134. The van der Waals surface area contributed by atoms with Gasteiger partial charge < -0.3 is 9.72 Å². The zero-order valence-corrected chi connectivity index (χ0v) is 7.65. The van der Waals surface area contributed by atoms with Crippen LogP contribution in [-0.2, 0) is 9.53 Å². The predicted octanol–water partition coefficient (Wildman–Crippen LogP) is 0.279. The van der Waals surface area contributed by atoms with E-state index in [0.717, 1.165) is 11.4 Å². The average Bonchev–Trinajstić information content (AvgIpc) is 2.50. The molecule has 0 radical (unpaired) electrons. The molecule has 0 aliphatic carbocycles. The molecule has 5 heteroatoms. The van der Waals surface area contributed by atoms with Gasteiger partial charge in [-0.15, -0.1) is 0 Å². The van der Waals surface area contributed by atoms with Crippen LogP contribution in [0.5, 0.6) is 0 Å². The predicted molar refractivity (Wildman–Crippen MR) is 46.9 cm³/mol. The van der Waals surface area contributed by atoms with Gasteiger partial charge in [-0.25, -0.2) is 4.98 Å². The first-order valence-electron chi connectivity index (χ1n) is 4.01. The molecule has 2 atom stereocenters. The summed E-state index contributed by atoms with van der Waals surface area (Å²) in [4.78, 5) is 17.0. The number of aromatic nitrogens is 2. The number of carbonyl (C=O) groups excluding carboxylic acids is 1. The molecule has 13 heavy (non-hydrogen) atoms. The minimum atomic E-state index is -0.628. The molecule has 5 nitrogen and oxygen atoms in total. The molecule has 0 spiro atoms. The first kappa shape index (κ1) is 9.73. The number of aryl methyl sites for hydroxylation is 1. The van der Waals surface area contributed by atoms with Crippen molar-refractivity contribution in [2.24, 2.45) is 5.73 Å². The highest BCUT2D eigenvalue weighted by molar-refractivity contribution is 5.37. The van der Waals surface area contributed by atoms with Crippen LogP contribution in [0, 0.1) is 6.92 Å². The maximum atomic E-state index is 10.0. The van der Waals surface area contributed by atoms with E-state index in [4.69, 9.17) is 5.73 Å². The van der Waals surface area contributed by atoms with Gasteiger partial charge in [0.2, 0.25) is 0 Å². The van der Waals surface area contributed by atoms with E-state index in [9.17, 15) is 4.79 Å². The minimum absolute atomic E-state index is 0.0762. The van der Waals surface area contributed by atoms with Crippen molar-refractivity contribution >= 4 is 6.47 Å². The molecule has 0 fully saturated rings. The Balaban J connectivity index is 2.72. The Kier molecular flexibility index (Phi) is 3.02. The highest BCUT2D eigenvalue weighted by atomic mass is 16.5. The van der Waals surface area contributed by atoms with Crippen LogP contribution in [-0.4, -0.2) is 22.7 Å². The van der Waals surface area contributed by atoms with Crippen LogP contribution in [0.2, 0.25) is 0 Å². The van der Waals surface area contributed by atoms with E-state index in [-0.39, 0.29) is 5.92 Å². The molecule has 1 aromatic heterocycles. The summed E-state index contributed by atoms with van der Waals surface area (Å²) >= 11 is 0. The highest BCUT2D eigenvalue weighted by Crippen LogP contribution is 2.18. The number of nitrogens with two attached hydrogens (primary N) is 1. The van der Waals surface area contributed by atoms with Gasteiger partial charge in [0.05, 0.1) is 12.0 Å². The van der Waals surface area contributed by atoms with Crippen LogP contribution in [0.3, 0.4) is 0 Å². The van der Waals surface area contributed by atoms with Crippen LogP contribution < -0.4 is 5.73 Å². The zero-order chi connectivity index (χ0) is 9.84. The highest BCUT2D eigenvalue weighted by Gasteiger charge is 2.18. The fourth-order valence-electron chi connectivity index (χ4n) is 1.18. The Morgan fingerprint density at radius 3 is 2.92 bits per heavy atom. The van der Waals surface area contributed by atoms with E-state index in [1.165, 1.54) is 0 Å². The van der Waals surface area contributed by atoms with Gasteiger partial charge in [-0.05, 0) is 6.92 Å². The summed E-state index contributed by atoms with van der Waals surface area (Å²) in [6.45, 7) is 4.09. The summed E-state index contributed by atoms with van der Waals surface area (Å²) in [5, 5.41) is 0. The number of hydrogen-bond donors (Lipinski definition) is 2. The Hall–Kier alpha value is -1.36. The van der Waals surface area contributed by atoms with Crippen LogP contribution in [0.4, 0.5) is 0 Å². The molecule has 0 aliphatic rings. The van der Waals surface area contributed by atoms with Gasteiger partial charge in [0.25, 0.3) is 6.47 Å². The van der Waals surface area contributed by atoms with Crippen molar-refractivity contribution in [3.63, 3.8) is 0 Å². The number of carbonyl (C=O) groups is 1. The number of aromatic amines is 1. The molecule has 1 aromatic rings. The molecule has 0 bridgehead atoms. The van der Waals surface area contributed by atoms with Gasteiger partial charge in [0.15, 0.2) is 6.23 Å². The van der Waals surface area contributed by atoms with Crippen molar-refractivity contribution in [3.05, 3.63) is 17.7 Å². The fourth-order valence-corrected chi connectivity index (χ4v) is 1.18. The van der Waals surface area contributed by atoms with Crippen LogP contribution in [0.1, 0.15) is 24.2 Å². The molecule has 0 amide bonds. The van der Waals surface area contributed by atoms with Crippen LogP contribution >= 0.6 is 0 Å². The smallest absolute Gasteiger partial charge is 0.294 e. The number of rotatable bonds is 4. The lowest BCUT2D eigenvalue weighted by Crippen LogP contribution is -2.30. The average molecular weight is 183 g/mol. The number of H-pyrrole nitrogens is 1. The number of imidazole rings is 1. The molecule has 72 valence electrons. The van der Waals surface area contributed by atoms with E-state index in [2.05, 4.69) is 14.7 Å². The monoisotopic (exact) mass is 183 g/mol. The van der Waals surface area contributed by atoms with Crippen molar-refractivity contribution in [2.75, 3.05) is 0 Å². The number of ether oxygens (including phenoxy) is 1. The lowest BCUT2D eigenvalue weighted by atomic mass is 10.1. The standard InChI is InChI=1S/C8H13N3O2/c1-5(8(9)13-4-12)7-6(2)10-3-11-7/h3-5,8H,9H2,1-2H3,(H,10,11). The summed E-state index contributed by atoms with van der Waals surface area (Å²) in [5.41, 5.74) is 7.36. The second kappa shape index (κ2) is 4.04. The minimum Gasteiger partial charge on any atom is -0.448 e. The van der Waals surface area contributed by atoms with E-state index < -0.39 is 6.23 Å². The molecule has 3 N–H and O–H groups in total. The Labute approximate surface area is 76.3 Å². The number of nitrogens with zero attached hydrogens (tertiary/aromatic N) is 1. The second-order valence-electron chi connectivity index (χ2n) is 2.89. The van der Waals surface area contributed by atoms with Crippen molar-refractivity contribution < 1.29 is 9.53 Å². The maximum Gasteiger partial charge on any atom is 0.294 e. The topological polar surface area (TPSA) is 81.0 Å². The second-order valence-corrected chi connectivity index (χ2v) is 2.89. The summed E-state index contributed by atoms with van der Waals surface area (Å²) < 4.78 is 4.63. The van der Waals surface area contributed by atoms with Gasteiger partial charge in [-0.1, -0.05) is 6.92 Å². The van der Waals surface area contributed by atoms with Gasteiger partial charge >= 0.3 is 0 Å². The maximum absolute atomic E-state index is 10.0. The Morgan fingerprint density at radius 2 is 2.46 bits per heavy atom. The summed E-state index contributed by atoms with van der Waals surface area (Å²) in [6.07, 6.45) is 0.964. The quantitative estimate of drug-likeness (QED) is 0.519. The molecule has 0 aliphatic heterocycles. The molecule has 1 rings (SSSR count). The summed E-state index contributed by atoms with van der Waals surface area (Å²) in [7, 11) is 0. The van der Waals surface area contributed by atoms with Crippen LogP contribution in [0.15, 0.2) is 6.33 Å². The molecule has 0 saturated carbocycles. The molecule has 0 aromatic carbocycles. The van der Waals surface area contributed by atoms with Gasteiger partial charge in [0, 0.05) is 11.6 Å². The third-order valence-corrected chi connectivity index (χ3v) is 2.03. The van der Waals surface area contributed by atoms with E-state index in [1.807, 2.05) is 13.8 Å². The van der Waals surface area contributed by atoms with E-state index in [0.29, 0.717) is 6.47 Å². The number of hydrogen-bond acceptors (Lipinski definition) is 4. The summed E-state index contributed by atoms with van der Waals surface area (Å²) in [6, 6.07) is 0. The third-order valence-electron chi connectivity index (χ3n) is 2.03. The van der Waals surface area contributed by atoms with Crippen molar-refractivity contribution in [3.8, 4) is 0 Å². The molecule has 2 unspecified atom stereocenters.